The molecule has 21 heavy (non-hydrogen) atoms. The van der Waals surface area contributed by atoms with Gasteiger partial charge in [-0.25, -0.2) is 0 Å². The Kier molecular flexibility index (Phi) is 4.81. The van der Waals surface area contributed by atoms with E-state index in [1.807, 2.05) is 0 Å². The number of halogens is 1. The van der Waals surface area contributed by atoms with Gasteiger partial charge in [0.25, 0.3) is 0 Å². The molecule has 0 atom stereocenters. The molecule has 0 spiro atoms. The van der Waals surface area contributed by atoms with E-state index in [4.69, 9.17) is 11.6 Å². The largest absolute Gasteiger partial charge is 0.507 e. The van der Waals surface area contributed by atoms with E-state index >= 15 is 0 Å². The summed E-state index contributed by atoms with van der Waals surface area (Å²) in [7, 11) is 0. The maximum Gasteiger partial charge on any atom is 0.213 e. The summed E-state index contributed by atoms with van der Waals surface area (Å²) < 4.78 is 0. The zero-order valence-corrected chi connectivity index (χ0v) is 12.1. The van der Waals surface area contributed by atoms with Gasteiger partial charge in [0, 0.05) is 33.9 Å². The first-order valence-electron chi connectivity index (χ1n) is 6.75. The van der Waals surface area contributed by atoms with Gasteiger partial charge < -0.3 is 5.11 Å². The van der Waals surface area contributed by atoms with Crippen LogP contribution in [0.4, 0.5) is 0 Å². The number of benzene rings is 1. The van der Waals surface area contributed by atoms with Gasteiger partial charge in [0.05, 0.1) is 6.07 Å². The highest BCUT2D eigenvalue weighted by Crippen LogP contribution is 2.33. The van der Waals surface area contributed by atoms with Crippen LogP contribution in [0.15, 0.2) is 23.8 Å². The summed E-state index contributed by atoms with van der Waals surface area (Å²) in [5.74, 6) is 0.0655. The maximum atomic E-state index is 10.8. The summed E-state index contributed by atoms with van der Waals surface area (Å²) >= 11 is 5.88. The van der Waals surface area contributed by atoms with E-state index in [0.717, 1.165) is 0 Å². The van der Waals surface area contributed by atoms with Crippen molar-refractivity contribution in [1.82, 2.24) is 0 Å². The van der Waals surface area contributed by atoms with Crippen LogP contribution in [-0.2, 0) is 0 Å². The van der Waals surface area contributed by atoms with Crippen molar-refractivity contribution in [3.05, 3.63) is 44.5 Å². The van der Waals surface area contributed by atoms with Crippen LogP contribution in [0.1, 0.15) is 31.2 Å². The van der Waals surface area contributed by atoms with Gasteiger partial charge in [-0.3, -0.25) is 10.1 Å². The third-order valence-corrected chi connectivity index (χ3v) is 4.10. The molecule has 1 N–H and O–H groups in total. The smallest absolute Gasteiger partial charge is 0.213 e. The van der Waals surface area contributed by atoms with Crippen LogP contribution < -0.4 is 0 Å². The number of allylic oxidation sites excluding steroid dienone is 1. The molecular formula is C15H15ClN2O3. The lowest BCUT2D eigenvalue weighted by molar-refractivity contribution is -0.526. The predicted octanol–water partition coefficient (Wildman–Crippen LogP) is 3.79. The van der Waals surface area contributed by atoms with Crippen LogP contribution in [0, 0.1) is 27.4 Å². The molecule has 1 saturated carbocycles. The molecule has 0 saturated heterocycles. The first kappa shape index (κ1) is 15.3. The van der Waals surface area contributed by atoms with Gasteiger partial charge in [0.15, 0.2) is 0 Å². The standard InChI is InChI=1S/C15H15ClN2O3/c16-13-3-6-15(19)11(8-13)7-12(9-17)10-1-4-14(5-2-10)18(20)21/h3,6-8,10,14,19H,1-2,4-5H2/b12-7+. The van der Waals surface area contributed by atoms with Crippen LogP contribution in [-0.4, -0.2) is 16.1 Å². The molecule has 0 aromatic heterocycles. The first-order chi connectivity index (χ1) is 10.0. The van der Waals surface area contributed by atoms with Crippen LogP contribution in [0.5, 0.6) is 5.75 Å². The van der Waals surface area contributed by atoms with Crippen molar-refractivity contribution >= 4 is 17.7 Å². The normalized spacial score (nSPS) is 22.6. The third-order valence-electron chi connectivity index (χ3n) is 3.86. The quantitative estimate of drug-likeness (QED) is 0.523. The molecule has 2 rings (SSSR count). The second kappa shape index (κ2) is 6.59. The summed E-state index contributed by atoms with van der Waals surface area (Å²) in [5, 5.41) is 30.3. The zero-order chi connectivity index (χ0) is 15.4. The average Bonchev–Trinajstić information content (AvgIpc) is 2.48. The Bertz CT molecular complexity index is 614. The van der Waals surface area contributed by atoms with Gasteiger partial charge in [-0.1, -0.05) is 11.6 Å². The SMILES string of the molecule is N#C/C(=C\c1cc(Cl)ccc1O)C1CCC([N+](=O)[O-])CC1. The molecule has 1 fully saturated rings. The Hall–Kier alpha value is -2.06. The number of hydrogen-bond donors (Lipinski definition) is 1. The number of phenols is 1. The van der Waals surface area contributed by atoms with Gasteiger partial charge in [-0.2, -0.15) is 5.26 Å². The van der Waals surface area contributed by atoms with Crippen molar-refractivity contribution in [3.63, 3.8) is 0 Å². The number of nitro groups is 1. The fraction of sp³-hybridized carbons (Fsp3) is 0.400. The molecule has 0 amide bonds. The number of nitriles is 1. The highest BCUT2D eigenvalue weighted by Gasteiger charge is 2.30. The van der Waals surface area contributed by atoms with E-state index in [2.05, 4.69) is 6.07 Å². The molecule has 1 aromatic rings. The molecule has 0 bridgehead atoms. The highest BCUT2D eigenvalue weighted by atomic mass is 35.5. The van der Waals surface area contributed by atoms with Crippen molar-refractivity contribution in [2.45, 2.75) is 31.7 Å². The molecule has 110 valence electrons. The third kappa shape index (κ3) is 3.73. The van der Waals surface area contributed by atoms with E-state index in [1.54, 1.807) is 18.2 Å². The van der Waals surface area contributed by atoms with Crippen molar-refractivity contribution < 1.29 is 10.0 Å². The summed E-state index contributed by atoms with van der Waals surface area (Å²) in [6.45, 7) is 0. The summed E-state index contributed by atoms with van der Waals surface area (Å²) in [4.78, 5) is 10.5. The van der Waals surface area contributed by atoms with E-state index in [0.29, 0.717) is 41.8 Å². The van der Waals surface area contributed by atoms with Crippen molar-refractivity contribution in [1.29, 1.82) is 5.26 Å². The Labute approximate surface area is 127 Å². The lowest BCUT2D eigenvalue weighted by Gasteiger charge is -2.23. The van der Waals surface area contributed by atoms with Crippen LogP contribution in [0.2, 0.25) is 5.02 Å². The minimum Gasteiger partial charge on any atom is -0.507 e. The Balaban J connectivity index is 2.17. The molecule has 1 aromatic carbocycles. The number of hydrogen-bond acceptors (Lipinski definition) is 4. The average molecular weight is 307 g/mol. The Morgan fingerprint density at radius 1 is 1.43 bits per heavy atom. The first-order valence-corrected chi connectivity index (χ1v) is 7.12. The van der Waals surface area contributed by atoms with Crippen molar-refractivity contribution in [2.24, 2.45) is 5.92 Å². The van der Waals surface area contributed by atoms with Crippen molar-refractivity contribution in [3.8, 4) is 11.8 Å². The van der Waals surface area contributed by atoms with Gasteiger partial charge >= 0.3 is 0 Å². The highest BCUT2D eigenvalue weighted by molar-refractivity contribution is 6.30. The number of aromatic hydroxyl groups is 1. The molecule has 1 aliphatic carbocycles. The van der Waals surface area contributed by atoms with E-state index in [9.17, 15) is 20.5 Å². The number of nitrogens with zero attached hydrogens (tertiary/aromatic N) is 2. The second-order valence-corrected chi connectivity index (χ2v) is 5.64. The number of rotatable bonds is 3. The predicted molar refractivity (Wildman–Crippen MR) is 79.4 cm³/mol. The summed E-state index contributed by atoms with van der Waals surface area (Å²) in [6.07, 6.45) is 3.83. The van der Waals surface area contributed by atoms with E-state index in [-0.39, 0.29) is 16.6 Å². The maximum absolute atomic E-state index is 10.8. The van der Waals surface area contributed by atoms with Crippen LogP contribution in [0.3, 0.4) is 0 Å². The minimum atomic E-state index is -0.499. The monoisotopic (exact) mass is 306 g/mol. The van der Waals surface area contributed by atoms with Crippen molar-refractivity contribution in [2.75, 3.05) is 0 Å². The molecule has 1 aliphatic rings. The molecule has 0 aliphatic heterocycles. The summed E-state index contributed by atoms with van der Waals surface area (Å²) in [6, 6.07) is 6.29. The van der Waals surface area contributed by atoms with Gasteiger partial charge in [-0.15, -0.1) is 0 Å². The fourth-order valence-electron chi connectivity index (χ4n) is 2.65. The molecule has 0 heterocycles. The van der Waals surface area contributed by atoms with Gasteiger partial charge in [-0.05, 0) is 43.0 Å². The molecule has 0 radical (unpaired) electrons. The van der Waals surface area contributed by atoms with E-state index in [1.165, 1.54) is 6.07 Å². The molecular weight excluding hydrogens is 292 g/mol. The zero-order valence-electron chi connectivity index (χ0n) is 11.3. The molecule has 0 unspecified atom stereocenters. The Morgan fingerprint density at radius 3 is 2.67 bits per heavy atom. The Morgan fingerprint density at radius 2 is 2.10 bits per heavy atom. The van der Waals surface area contributed by atoms with Crippen LogP contribution >= 0.6 is 11.6 Å². The van der Waals surface area contributed by atoms with Gasteiger partial charge in [0.2, 0.25) is 6.04 Å². The lowest BCUT2D eigenvalue weighted by Crippen LogP contribution is -2.26. The lowest BCUT2D eigenvalue weighted by atomic mass is 9.81. The van der Waals surface area contributed by atoms with Crippen LogP contribution in [0.25, 0.3) is 6.08 Å². The molecule has 5 nitrogen and oxygen atoms in total. The summed E-state index contributed by atoms with van der Waals surface area (Å²) in [5.41, 5.74) is 1.03. The topological polar surface area (TPSA) is 87.2 Å². The molecule has 6 heteroatoms. The number of phenolic OH excluding ortho intramolecular Hbond substituents is 1. The fourth-order valence-corrected chi connectivity index (χ4v) is 2.83. The second-order valence-electron chi connectivity index (χ2n) is 5.21. The van der Waals surface area contributed by atoms with Gasteiger partial charge in [0.1, 0.15) is 5.75 Å². The minimum absolute atomic E-state index is 0.00424. The van der Waals surface area contributed by atoms with E-state index < -0.39 is 6.04 Å².